The van der Waals surface area contributed by atoms with Gasteiger partial charge in [-0.2, -0.15) is 25.3 Å². The van der Waals surface area contributed by atoms with Gasteiger partial charge in [0, 0.05) is 47.0 Å². The molecular formula is C52H71N11O11S2. The van der Waals surface area contributed by atoms with Crippen LogP contribution in [-0.4, -0.2) is 145 Å². The number of H-pyrrole nitrogens is 1. The van der Waals surface area contributed by atoms with Crippen molar-refractivity contribution in [2.75, 3.05) is 12.3 Å². The Labute approximate surface area is 451 Å². The quantitative estimate of drug-likeness (QED) is 0.0246. The van der Waals surface area contributed by atoms with Gasteiger partial charge in [-0.3, -0.25) is 38.4 Å². The monoisotopic (exact) mass is 1090 g/mol. The molecular weight excluding hydrogens is 1020 g/mol. The number of benzene rings is 3. The number of para-hydroxylation sites is 1. The van der Waals surface area contributed by atoms with Crippen LogP contribution in [0.1, 0.15) is 69.2 Å². The van der Waals surface area contributed by atoms with E-state index in [9.17, 15) is 53.7 Å². The second-order valence-electron chi connectivity index (χ2n) is 19.5. The first-order valence-electron chi connectivity index (χ1n) is 25.0. The maximum Gasteiger partial charge on any atom is 0.245 e. The summed E-state index contributed by atoms with van der Waals surface area (Å²) in [4.78, 5) is 114. The van der Waals surface area contributed by atoms with Crippen LogP contribution in [0.3, 0.4) is 0 Å². The van der Waals surface area contributed by atoms with Crippen molar-refractivity contribution in [3.8, 4) is 5.75 Å². The van der Waals surface area contributed by atoms with Crippen molar-refractivity contribution >= 4 is 83.4 Å². The van der Waals surface area contributed by atoms with Crippen LogP contribution in [0.4, 0.5) is 0 Å². The summed E-state index contributed by atoms with van der Waals surface area (Å²) in [5, 5.41) is 53.1. The van der Waals surface area contributed by atoms with Gasteiger partial charge in [0.1, 0.15) is 48.0 Å². The Bertz CT molecular complexity index is 2680. The molecule has 1 aromatic heterocycles. The van der Waals surface area contributed by atoms with Crippen molar-refractivity contribution in [2.24, 2.45) is 11.5 Å². The lowest BCUT2D eigenvalue weighted by molar-refractivity contribution is -0.137. The van der Waals surface area contributed by atoms with Gasteiger partial charge in [0.15, 0.2) is 0 Å². The number of aromatic amines is 1. The lowest BCUT2D eigenvalue weighted by atomic mass is 9.95. The first-order valence-corrected chi connectivity index (χ1v) is 26.0. The molecule has 412 valence electrons. The zero-order chi connectivity index (χ0) is 55.9. The SMILES string of the molecule is C[C@@H](O)[C@H](NC(=O)[C@@H](NC(=O)[C@@H](NC(=O)[C@H](CCCCN)NC(=O)[C@@H](Cc1c[nH]c2ccccc12)NC(=O)[C@H](Cc1ccc(O)cc1)NC(=O)[C@H](CS)NC(=O)[C@H]1Cc2ccccc2CN1)[C@@H](C)O)C(C)(C)S)C(N)=O. The highest BCUT2D eigenvalue weighted by atomic mass is 32.1. The summed E-state index contributed by atoms with van der Waals surface area (Å²) in [6.45, 7) is 6.07. The molecule has 0 saturated carbocycles. The maximum atomic E-state index is 14.7. The number of aliphatic hydroxyl groups is 2. The first-order chi connectivity index (χ1) is 36.0. The molecule has 24 heteroatoms. The molecule has 8 amide bonds. The molecule has 0 unspecified atom stereocenters. The standard InChI is InChI=1S/C52H71N11O11S2/c1-27(64)41(44(54)67)61-51(74)43(52(3,4)76)63-50(73)42(28(2)65)62-45(68)36(15-9-10-20-53)57-48(71)39(23-32-25-55-35-14-8-7-13-34(32)35)59-47(70)38(21-29-16-18-33(66)19-17-29)58-49(72)40(26-75)60-46(69)37-22-30-11-5-6-12-31(30)24-56-37/h5-8,11-14,16-19,25,27-28,36-43,55-56,64-66,75-76H,9-10,15,20-24,26,53H2,1-4H3,(H2,54,67)(H,57,71)(H,58,72)(H,59,70)(H,60,69)(H,61,74)(H,62,68)(H,63,73)/t27-,28-,36+,37-,38+,39-,40+,41+,42+,43-/m1/s1. The van der Waals surface area contributed by atoms with E-state index in [-0.39, 0.29) is 37.3 Å². The average Bonchev–Trinajstić information content (AvgIpc) is 3.79. The molecule has 0 aliphatic carbocycles. The third-order valence-electron chi connectivity index (χ3n) is 12.9. The summed E-state index contributed by atoms with van der Waals surface area (Å²) in [5.41, 5.74) is 15.0. The Morgan fingerprint density at radius 1 is 0.684 bits per heavy atom. The zero-order valence-corrected chi connectivity index (χ0v) is 44.6. The van der Waals surface area contributed by atoms with Crippen LogP contribution in [0.5, 0.6) is 5.75 Å². The smallest absolute Gasteiger partial charge is 0.245 e. The van der Waals surface area contributed by atoms with Crippen LogP contribution in [0.2, 0.25) is 0 Å². The highest BCUT2D eigenvalue weighted by Crippen LogP contribution is 2.22. The van der Waals surface area contributed by atoms with E-state index < -0.39 is 113 Å². The van der Waals surface area contributed by atoms with Crippen molar-refractivity contribution in [2.45, 2.75) is 138 Å². The van der Waals surface area contributed by atoms with Gasteiger partial charge in [-0.25, -0.2) is 0 Å². The molecule has 22 nitrogen and oxygen atoms in total. The molecule has 0 radical (unpaired) electrons. The van der Waals surface area contributed by atoms with Gasteiger partial charge in [-0.15, -0.1) is 0 Å². The van der Waals surface area contributed by atoms with E-state index in [2.05, 4.69) is 72.8 Å². The van der Waals surface area contributed by atoms with Crippen molar-refractivity contribution in [3.63, 3.8) is 0 Å². The number of aliphatic hydroxyl groups excluding tert-OH is 2. The Balaban J connectivity index is 1.41. The summed E-state index contributed by atoms with van der Waals surface area (Å²) in [5.74, 6) is -7.05. The Hall–Kier alpha value is -6.70. The molecule has 0 bridgehead atoms. The van der Waals surface area contributed by atoms with Crippen molar-refractivity contribution in [1.29, 1.82) is 0 Å². The van der Waals surface area contributed by atoms with Crippen molar-refractivity contribution in [3.05, 3.63) is 101 Å². The molecule has 0 saturated heterocycles. The summed E-state index contributed by atoms with van der Waals surface area (Å²) in [7, 11) is 0. The number of fused-ring (bicyclic) bond motifs is 2. The second-order valence-corrected chi connectivity index (χ2v) is 21.0. The van der Waals surface area contributed by atoms with Crippen LogP contribution >= 0.6 is 25.3 Å². The van der Waals surface area contributed by atoms with Crippen LogP contribution in [0.15, 0.2) is 79.0 Å². The van der Waals surface area contributed by atoms with E-state index in [4.69, 9.17) is 11.5 Å². The van der Waals surface area contributed by atoms with E-state index in [0.717, 1.165) is 22.0 Å². The number of aromatic nitrogens is 1. The topological polar surface area (TPSA) is 361 Å². The fourth-order valence-corrected chi connectivity index (χ4v) is 9.05. The van der Waals surface area contributed by atoms with Gasteiger partial charge in [0.25, 0.3) is 0 Å². The minimum atomic E-state index is -1.73. The molecule has 1 aliphatic heterocycles. The Kier molecular flexibility index (Phi) is 22.1. The number of hydrogen-bond donors (Lipinski definition) is 16. The number of nitrogens with two attached hydrogens (primary N) is 2. The molecule has 4 aromatic rings. The zero-order valence-electron chi connectivity index (χ0n) is 42.8. The van der Waals surface area contributed by atoms with E-state index in [1.807, 2.05) is 42.5 Å². The lowest BCUT2D eigenvalue weighted by Crippen LogP contribution is -2.64. The normalized spacial score (nSPS) is 16.9. The maximum absolute atomic E-state index is 14.7. The number of phenolic OH excluding ortho intramolecular Hbond substituents is 1. The largest absolute Gasteiger partial charge is 0.508 e. The number of hydrogen-bond acceptors (Lipinski definition) is 15. The molecule has 1 aliphatic rings. The lowest BCUT2D eigenvalue weighted by Gasteiger charge is -2.33. The molecule has 16 N–H and O–H groups in total. The minimum Gasteiger partial charge on any atom is -0.508 e. The number of carbonyl (C=O) groups is 8. The predicted octanol–water partition coefficient (Wildman–Crippen LogP) is -1.22. The molecule has 76 heavy (non-hydrogen) atoms. The first kappa shape index (κ1) is 60.2. The van der Waals surface area contributed by atoms with E-state index >= 15 is 0 Å². The molecule has 0 fully saturated rings. The van der Waals surface area contributed by atoms with Crippen molar-refractivity contribution < 1.29 is 53.7 Å². The number of primary amides is 1. The van der Waals surface area contributed by atoms with Gasteiger partial charge in [-0.1, -0.05) is 54.6 Å². The number of aromatic hydroxyl groups is 1. The summed E-state index contributed by atoms with van der Waals surface area (Å²) >= 11 is 8.82. The van der Waals surface area contributed by atoms with Gasteiger partial charge in [0.05, 0.1) is 18.2 Å². The predicted molar refractivity (Wildman–Crippen MR) is 290 cm³/mol. The number of rotatable bonds is 27. The molecule has 10 atom stereocenters. The van der Waals surface area contributed by atoms with E-state index in [1.54, 1.807) is 24.4 Å². The molecule has 3 aromatic carbocycles. The third-order valence-corrected chi connectivity index (χ3v) is 13.6. The number of carbonyl (C=O) groups excluding carboxylic acids is 8. The summed E-state index contributed by atoms with van der Waals surface area (Å²) in [6, 6.07) is 9.99. The van der Waals surface area contributed by atoms with E-state index in [0.29, 0.717) is 36.9 Å². The number of amides is 8. The molecule has 5 rings (SSSR count). The number of nitrogens with one attached hydrogen (secondary N) is 9. The molecule has 0 spiro atoms. The van der Waals surface area contributed by atoms with Crippen molar-refractivity contribution in [1.82, 2.24) is 47.5 Å². The third kappa shape index (κ3) is 16.9. The molecule has 2 heterocycles. The summed E-state index contributed by atoms with van der Waals surface area (Å²) < 4.78 is -1.33. The second kappa shape index (κ2) is 27.9. The number of phenols is 1. The average molecular weight is 1090 g/mol. The highest BCUT2D eigenvalue weighted by molar-refractivity contribution is 7.81. The minimum absolute atomic E-state index is 0.0293. The van der Waals surface area contributed by atoms with Crippen LogP contribution in [0.25, 0.3) is 10.9 Å². The van der Waals surface area contributed by atoms with Crippen LogP contribution < -0.4 is 54.0 Å². The Morgan fingerprint density at radius 2 is 1.25 bits per heavy atom. The fraction of sp³-hybridized carbons (Fsp3) is 0.462. The van der Waals surface area contributed by atoms with Gasteiger partial charge < -0.3 is 74.3 Å². The summed E-state index contributed by atoms with van der Waals surface area (Å²) in [6.07, 6.45) is -0.533. The van der Waals surface area contributed by atoms with Crippen LogP contribution in [0, 0.1) is 0 Å². The Morgan fingerprint density at radius 3 is 1.86 bits per heavy atom. The highest BCUT2D eigenvalue weighted by Gasteiger charge is 2.40. The van der Waals surface area contributed by atoms with Gasteiger partial charge in [-0.05, 0) is 100 Å². The fourth-order valence-electron chi connectivity index (χ4n) is 8.61. The number of thiol groups is 2. The van der Waals surface area contributed by atoms with Crippen LogP contribution in [-0.2, 0) is 64.2 Å². The van der Waals surface area contributed by atoms with Gasteiger partial charge >= 0.3 is 0 Å². The number of unbranched alkanes of at least 4 members (excludes halogenated alkanes) is 1. The van der Waals surface area contributed by atoms with E-state index in [1.165, 1.54) is 39.8 Å². The van der Waals surface area contributed by atoms with Gasteiger partial charge in [0.2, 0.25) is 47.3 Å².